The highest BCUT2D eigenvalue weighted by atomic mass is 16.4. The molecule has 3 aromatic rings. The van der Waals surface area contributed by atoms with E-state index in [0.29, 0.717) is 5.82 Å². The van der Waals surface area contributed by atoms with Gasteiger partial charge in [0.25, 0.3) is 5.91 Å². The van der Waals surface area contributed by atoms with Crippen LogP contribution in [0.5, 0.6) is 0 Å². The Hall–Kier alpha value is -3.19. The Labute approximate surface area is 137 Å². The minimum Gasteiger partial charge on any atom is -0.480 e. The molecule has 0 fully saturated rings. The first-order chi connectivity index (χ1) is 11.5. The van der Waals surface area contributed by atoms with Crippen LogP contribution in [0.4, 0.5) is 0 Å². The molecule has 0 radical (unpaired) electrons. The summed E-state index contributed by atoms with van der Waals surface area (Å²) in [5.74, 6) is -1.25. The third-order valence-electron chi connectivity index (χ3n) is 3.83. The van der Waals surface area contributed by atoms with Gasteiger partial charge >= 0.3 is 5.97 Å². The van der Waals surface area contributed by atoms with Crippen LogP contribution in [-0.4, -0.2) is 32.6 Å². The number of fused-ring (bicyclic) bond motifs is 1. The number of carbonyl (C=O) groups excluding carboxylic acids is 1. The molecule has 0 saturated carbocycles. The topological polar surface area (TPSA) is 124 Å². The quantitative estimate of drug-likeness (QED) is 0.647. The first-order valence-corrected chi connectivity index (χ1v) is 7.31. The van der Waals surface area contributed by atoms with Crippen LogP contribution in [0.2, 0.25) is 0 Å². The number of nitrogens with zero attached hydrogens (tertiary/aromatic N) is 2. The van der Waals surface area contributed by atoms with Crippen molar-refractivity contribution in [2.24, 2.45) is 11.5 Å². The number of carboxylic acids is 1. The lowest BCUT2D eigenvalue weighted by molar-refractivity contribution is -0.138. The van der Waals surface area contributed by atoms with E-state index in [-0.39, 0.29) is 12.0 Å². The van der Waals surface area contributed by atoms with Gasteiger partial charge < -0.3 is 21.1 Å². The summed E-state index contributed by atoms with van der Waals surface area (Å²) < 4.78 is 1.74. The van der Waals surface area contributed by atoms with Crippen molar-refractivity contribution in [2.45, 2.75) is 12.5 Å². The van der Waals surface area contributed by atoms with Crippen molar-refractivity contribution >= 4 is 22.8 Å². The predicted molar refractivity (Wildman–Crippen MR) is 88.9 cm³/mol. The lowest BCUT2D eigenvalue weighted by Crippen LogP contribution is -2.32. The maximum atomic E-state index is 11.7. The fourth-order valence-electron chi connectivity index (χ4n) is 2.69. The van der Waals surface area contributed by atoms with Crippen LogP contribution in [0.1, 0.15) is 15.9 Å². The van der Waals surface area contributed by atoms with E-state index in [4.69, 9.17) is 16.6 Å². The Morgan fingerprint density at radius 3 is 2.67 bits per heavy atom. The van der Waals surface area contributed by atoms with E-state index >= 15 is 0 Å². The van der Waals surface area contributed by atoms with Gasteiger partial charge in [-0.25, -0.2) is 4.98 Å². The number of hydrogen-bond donors (Lipinski definition) is 3. The number of benzene rings is 1. The molecule has 7 heteroatoms. The molecule has 0 saturated heterocycles. The summed E-state index contributed by atoms with van der Waals surface area (Å²) in [5, 5.41) is 9.91. The van der Waals surface area contributed by atoms with Crippen LogP contribution in [0.25, 0.3) is 16.7 Å². The van der Waals surface area contributed by atoms with Gasteiger partial charge in [0.15, 0.2) is 0 Å². The number of primary amides is 1. The lowest BCUT2D eigenvalue weighted by atomic mass is 10.1. The van der Waals surface area contributed by atoms with E-state index in [0.717, 1.165) is 16.5 Å². The van der Waals surface area contributed by atoms with Gasteiger partial charge in [-0.1, -0.05) is 18.2 Å². The van der Waals surface area contributed by atoms with Crippen molar-refractivity contribution in [2.75, 3.05) is 0 Å². The number of nitrogens with two attached hydrogens (primary N) is 2. The number of hydrogen-bond acceptors (Lipinski definition) is 4. The van der Waals surface area contributed by atoms with Gasteiger partial charge in [0, 0.05) is 24.2 Å². The SMILES string of the molecule is NC(=O)c1cccnc1-n1cc(CC(N)C(=O)O)c2ccccc21. The molecule has 0 bridgehead atoms. The summed E-state index contributed by atoms with van der Waals surface area (Å²) in [6.45, 7) is 0. The summed E-state index contributed by atoms with van der Waals surface area (Å²) in [5.41, 5.74) is 12.9. The molecule has 7 nitrogen and oxygen atoms in total. The summed E-state index contributed by atoms with van der Waals surface area (Å²) in [7, 11) is 0. The third-order valence-corrected chi connectivity index (χ3v) is 3.83. The second kappa shape index (κ2) is 6.13. The van der Waals surface area contributed by atoms with Crippen molar-refractivity contribution in [1.29, 1.82) is 0 Å². The van der Waals surface area contributed by atoms with Crippen molar-refractivity contribution in [3.05, 3.63) is 59.9 Å². The fourth-order valence-corrected chi connectivity index (χ4v) is 2.69. The molecule has 1 atom stereocenters. The van der Waals surface area contributed by atoms with Gasteiger partial charge in [0.2, 0.25) is 0 Å². The van der Waals surface area contributed by atoms with Gasteiger partial charge in [-0.15, -0.1) is 0 Å². The molecule has 0 aliphatic heterocycles. The van der Waals surface area contributed by atoms with Crippen molar-refractivity contribution in [3.8, 4) is 5.82 Å². The number of carboxylic acid groups (broad SMARTS) is 1. The van der Waals surface area contributed by atoms with Crippen LogP contribution in [0, 0.1) is 0 Å². The molecule has 2 aromatic heterocycles. The molecule has 0 aliphatic rings. The standard InChI is InChI=1S/C17H16N4O3/c18-13(17(23)24)8-10-9-21(14-6-2-1-4-11(10)14)16-12(15(19)22)5-3-7-20-16/h1-7,9,13H,8,18H2,(H2,19,22)(H,23,24). The molecule has 0 aliphatic carbocycles. The summed E-state index contributed by atoms with van der Waals surface area (Å²) >= 11 is 0. The predicted octanol–water partition coefficient (Wildman–Crippen LogP) is 1.08. The van der Waals surface area contributed by atoms with Gasteiger partial charge in [-0.2, -0.15) is 0 Å². The Balaban J connectivity index is 2.20. The van der Waals surface area contributed by atoms with Crippen molar-refractivity contribution in [3.63, 3.8) is 0 Å². The van der Waals surface area contributed by atoms with Gasteiger partial charge in [0.1, 0.15) is 11.9 Å². The number of rotatable bonds is 5. The maximum absolute atomic E-state index is 11.7. The van der Waals surface area contributed by atoms with E-state index in [9.17, 15) is 9.59 Å². The second-order valence-corrected chi connectivity index (χ2v) is 5.43. The number of amides is 1. The molecule has 24 heavy (non-hydrogen) atoms. The molecule has 122 valence electrons. The monoisotopic (exact) mass is 324 g/mol. The number of pyridine rings is 1. The van der Waals surface area contributed by atoms with Gasteiger partial charge in [-0.3, -0.25) is 9.59 Å². The lowest BCUT2D eigenvalue weighted by Gasteiger charge is -2.08. The molecule has 2 heterocycles. The average Bonchev–Trinajstić information content (AvgIpc) is 2.93. The summed E-state index contributed by atoms with van der Waals surface area (Å²) in [4.78, 5) is 27.0. The first kappa shape index (κ1) is 15.7. The third kappa shape index (κ3) is 2.72. The molecule has 1 unspecified atom stereocenters. The highest BCUT2D eigenvalue weighted by molar-refractivity contribution is 5.97. The van der Waals surface area contributed by atoms with Crippen molar-refractivity contribution in [1.82, 2.24) is 9.55 Å². The zero-order valence-corrected chi connectivity index (χ0v) is 12.7. The fraction of sp³-hybridized carbons (Fsp3) is 0.118. The van der Waals surface area contributed by atoms with Crippen LogP contribution in [0.3, 0.4) is 0 Å². The normalized spacial score (nSPS) is 12.2. The largest absolute Gasteiger partial charge is 0.480 e. The van der Waals surface area contributed by atoms with E-state index in [2.05, 4.69) is 4.98 Å². The Morgan fingerprint density at radius 1 is 1.21 bits per heavy atom. The Kier molecular flexibility index (Phi) is 4.01. The Bertz CT molecular complexity index is 932. The molecule has 5 N–H and O–H groups in total. The first-order valence-electron chi connectivity index (χ1n) is 7.31. The molecular formula is C17H16N4O3. The van der Waals surface area contributed by atoms with E-state index in [1.807, 2.05) is 24.3 Å². The number of para-hydroxylation sites is 1. The summed E-state index contributed by atoms with van der Waals surface area (Å²) in [6.07, 6.45) is 3.49. The highest BCUT2D eigenvalue weighted by Gasteiger charge is 2.19. The van der Waals surface area contributed by atoms with Crippen LogP contribution in [0.15, 0.2) is 48.8 Å². The van der Waals surface area contributed by atoms with E-state index < -0.39 is 17.9 Å². The molecule has 0 spiro atoms. The molecule has 1 aromatic carbocycles. The second-order valence-electron chi connectivity index (χ2n) is 5.43. The number of aliphatic carboxylic acids is 1. The minimum atomic E-state index is -1.07. The molecular weight excluding hydrogens is 308 g/mol. The average molecular weight is 324 g/mol. The maximum Gasteiger partial charge on any atom is 0.320 e. The van der Waals surface area contributed by atoms with Crippen molar-refractivity contribution < 1.29 is 14.7 Å². The van der Waals surface area contributed by atoms with E-state index in [1.54, 1.807) is 29.1 Å². The highest BCUT2D eigenvalue weighted by Crippen LogP contribution is 2.26. The van der Waals surface area contributed by atoms with Gasteiger partial charge in [-0.05, 0) is 23.8 Å². The number of carbonyl (C=O) groups is 2. The van der Waals surface area contributed by atoms with Crippen LogP contribution < -0.4 is 11.5 Å². The van der Waals surface area contributed by atoms with Gasteiger partial charge in [0.05, 0.1) is 11.1 Å². The zero-order chi connectivity index (χ0) is 17.3. The van der Waals surface area contributed by atoms with E-state index in [1.165, 1.54) is 0 Å². The number of aromatic nitrogens is 2. The molecule has 1 amide bonds. The smallest absolute Gasteiger partial charge is 0.320 e. The summed E-state index contributed by atoms with van der Waals surface area (Å²) in [6, 6.07) is 9.68. The molecule has 3 rings (SSSR count). The zero-order valence-electron chi connectivity index (χ0n) is 12.7. The Morgan fingerprint density at radius 2 is 1.96 bits per heavy atom. The van der Waals surface area contributed by atoms with Crippen LogP contribution >= 0.6 is 0 Å². The van der Waals surface area contributed by atoms with Crippen LogP contribution in [-0.2, 0) is 11.2 Å². The minimum absolute atomic E-state index is 0.168.